The van der Waals surface area contributed by atoms with Gasteiger partial charge in [0.1, 0.15) is 34.8 Å². The molecule has 47 heavy (non-hydrogen) atoms. The summed E-state index contributed by atoms with van der Waals surface area (Å²) in [6, 6.07) is 31.7. The predicted octanol–water partition coefficient (Wildman–Crippen LogP) is 8.72. The quantitative estimate of drug-likeness (QED) is 0.0823. The lowest BCUT2D eigenvalue weighted by molar-refractivity contribution is -0.130. The Morgan fingerprint density at radius 3 is 1.43 bits per heavy atom. The Bertz CT molecular complexity index is 1670. The number of ether oxygens (including phenoxy) is 3. The number of rotatable bonds is 9. The fourth-order valence-corrected chi connectivity index (χ4v) is 3.59. The zero-order valence-corrected chi connectivity index (χ0v) is 27.4. The monoisotopic (exact) mass is 656 g/mol. The second kappa shape index (κ2) is 19.1. The molecular weight excluding hydrogens is 620 g/mol. The topological polar surface area (TPSA) is 116 Å². The van der Waals surface area contributed by atoms with Crippen molar-refractivity contribution in [2.75, 3.05) is 0 Å². The van der Waals surface area contributed by atoms with Crippen molar-refractivity contribution in [3.8, 4) is 11.5 Å². The van der Waals surface area contributed by atoms with Crippen molar-refractivity contribution in [3.63, 3.8) is 0 Å². The van der Waals surface area contributed by atoms with Gasteiger partial charge in [0.15, 0.2) is 0 Å². The molecule has 0 aliphatic heterocycles. The average Bonchev–Trinajstić information content (AvgIpc) is 3.06. The first-order valence-corrected chi connectivity index (χ1v) is 14.8. The average molecular weight is 657 g/mol. The lowest BCUT2D eigenvalue weighted by atomic mass is 10.1. The predicted molar refractivity (Wildman–Crippen MR) is 181 cm³/mol. The van der Waals surface area contributed by atoms with E-state index >= 15 is 0 Å². The van der Waals surface area contributed by atoms with E-state index in [4.69, 9.17) is 25.8 Å². The summed E-state index contributed by atoms with van der Waals surface area (Å²) < 4.78 is 15.9. The van der Waals surface area contributed by atoms with E-state index in [1.807, 2.05) is 60.7 Å². The Morgan fingerprint density at radius 1 is 0.617 bits per heavy atom. The Balaban J connectivity index is 0.000000284. The van der Waals surface area contributed by atoms with Crippen molar-refractivity contribution >= 4 is 34.8 Å². The summed E-state index contributed by atoms with van der Waals surface area (Å²) in [6.45, 7) is 13.5. The lowest BCUT2D eigenvalue weighted by Gasteiger charge is -2.15. The first-order chi connectivity index (χ1) is 22.3. The second-order valence-electron chi connectivity index (χ2n) is 10.2. The molecule has 1 N–H and O–H groups in total. The van der Waals surface area contributed by atoms with Gasteiger partial charge in [0.05, 0.1) is 0 Å². The molecule has 0 radical (unpaired) electrons. The first kappa shape index (κ1) is 37.7. The van der Waals surface area contributed by atoms with Gasteiger partial charge in [0.25, 0.3) is 0 Å². The van der Waals surface area contributed by atoms with E-state index in [9.17, 15) is 24.3 Å². The minimum absolute atomic E-state index is 0.0669. The molecule has 9 heteroatoms. The molecule has 4 aromatic rings. The fraction of sp³-hybridized carbons (Fsp3) is 0.158. The smallest absolute Gasteiger partial charge is 0.342 e. The number of allylic oxidation sites excluding steroid dienone is 1. The highest BCUT2D eigenvalue weighted by Crippen LogP contribution is 2.24. The van der Waals surface area contributed by atoms with Crippen LogP contribution in [-0.4, -0.2) is 28.3 Å². The van der Waals surface area contributed by atoms with Crippen LogP contribution in [0.2, 0.25) is 0 Å². The number of para-hydroxylation sites is 2. The highest BCUT2D eigenvalue weighted by Gasteiger charge is 2.19. The van der Waals surface area contributed by atoms with Gasteiger partial charge in [0.2, 0.25) is 5.24 Å². The van der Waals surface area contributed by atoms with Crippen molar-refractivity contribution in [3.05, 3.63) is 156 Å². The number of aromatic hydroxyl groups is 1. The van der Waals surface area contributed by atoms with Crippen LogP contribution in [0.25, 0.3) is 0 Å². The summed E-state index contributed by atoms with van der Waals surface area (Å²) in [5.41, 5.74) is 2.83. The zero-order valence-electron chi connectivity index (χ0n) is 26.6. The fourth-order valence-electron chi connectivity index (χ4n) is 3.59. The first-order valence-electron chi connectivity index (χ1n) is 14.4. The lowest BCUT2D eigenvalue weighted by Crippen LogP contribution is -2.14. The Morgan fingerprint density at radius 2 is 1.00 bits per heavy atom. The van der Waals surface area contributed by atoms with Crippen molar-refractivity contribution in [2.24, 2.45) is 0 Å². The summed E-state index contributed by atoms with van der Waals surface area (Å²) in [6.07, 6.45) is -0.757. The van der Waals surface area contributed by atoms with Gasteiger partial charge in [-0.15, -0.1) is 0 Å². The van der Waals surface area contributed by atoms with Crippen LogP contribution in [-0.2, 0) is 19.1 Å². The third-order valence-electron chi connectivity index (χ3n) is 6.22. The third kappa shape index (κ3) is 12.8. The van der Waals surface area contributed by atoms with E-state index in [0.717, 1.165) is 11.1 Å². The summed E-state index contributed by atoms with van der Waals surface area (Å²) in [5, 5.41) is 9.10. The standard InChI is InChI=1S/C19H18O4.C15H14O3.C4H5ClO/c1-13(2)18(20)23-17-12-8-7-11-16(17)19(21)22-14(3)15-9-5-4-6-10-15;1-11(12-7-3-2-4-8-12)18-15(17)13-9-5-6-10-14(13)16;1-3(2)4(5)6/h4-12,14H,1H2,2-3H3;2-11,16H,1H3;1H2,2H3. The molecule has 8 nitrogen and oxygen atoms in total. The van der Waals surface area contributed by atoms with Crippen LogP contribution >= 0.6 is 11.6 Å². The molecule has 4 aromatic carbocycles. The van der Waals surface area contributed by atoms with Crippen molar-refractivity contribution in [1.29, 1.82) is 0 Å². The van der Waals surface area contributed by atoms with Gasteiger partial charge in [-0.1, -0.05) is 98.1 Å². The SMILES string of the molecule is C=C(C)C(=O)Cl.C=C(C)C(=O)Oc1ccccc1C(=O)OC(C)c1ccccc1.CC(OC(=O)c1ccccc1O)c1ccccc1. The Labute approximate surface area is 279 Å². The molecule has 0 aromatic heterocycles. The van der Waals surface area contributed by atoms with Crippen molar-refractivity contribution < 1.29 is 38.5 Å². The number of benzene rings is 4. The van der Waals surface area contributed by atoms with Crippen LogP contribution in [0.1, 0.15) is 71.7 Å². The van der Waals surface area contributed by atoms with Crippen molar-refractivity contribution in [2.45, 2.75) is 39.9 Å². The molecule has 0 bridgehead atoms. The molecule has 0 amide bonds. The van der Waals surface area contributed by atoms with E-state index in [0.29, 0.717) is 5.57 Å². The molecule has 0 aliphatic carbocycles. The van der Waals surface area contributed by atoms with E-state index in [2.05, 4.69) is 13.2 Å². The number of hydrogen-bond donors (Lipinski definition) is 1. The highest BCUT2D eigenvalue weighted by atomic mass is 35.5. The molecule has 0 fully saturated rings. The number of phenols is 1. The summed E-state index contributed by atoms with van der Waals surface area (Å²) in [5.74, 6) is -1.56. The van der Waals surface area contributed by atoms with Crippen LogP contribution < -0.4 is 4.74 Å². The number of carbonyl (C=O) groups is 4. The second-order valence-corrected chi connectivity index (χ2v) is 10.5. The number of halogens is 1. The zero-order chi connectivity index (χ0) is 34.9. The van der Waals surface area contributed by atoms with Gasteiger partial charge < -0.3 is 19.3 Å². The highest BCUT2D eigenvalue weighted by molar-refractivity contribution is 6.67. The number of esters is 3. The molecule has 0 heterocycles. The molecule has 0 saturated carbocycles. The molecule has 0 saturated heterocycles. The Kier molecular flexibility index (Phi) is 15.4. The molecule has 4 rings (SSSR count). The largest absolute Gasteiger partial charge is 0.507 e. The van der Waals surface area contributed by atoms with Gasteiger partial charge in [-0.25, -0.2) is 14.4 Å². The summed E-state index contributed by atoms with van der Waals surface area (Å²) in [4.78, 5) is 45.7. The number of hydrogen-bond acceptors (Lipinski definition) is 8. The van der Waals surface area contributed by atoms with Crippen molar-refractivity contribution in [1.82, 2.24) is 0 Å². The minimum atomic E-state index is -0.582. The molecule has 0 spiro atoms. The minimum Gasteiger partial charge on any atom is -0.507 e. The third-order valence-corrected chi connectivity index (χ3v) is 6.55. The van der Waals surface area contributed by atoms with E-state index in [1.54, 1.807) is 64.1 Å². The van der Waals surface area contributed by atoms with Gasteiger partial charge in [-0.3, -0.25) is 4.79 Å². The number of carbonyl (C=O) groups excluding carboxylic acids is 4. The van der Waals surface area contributed by atoms with Crippen LogP contribution in [0.5, 0.6) is 11.5 Å². The van der Waals surface area contributed by atoms with E-state index in [-0.39, 0.29) is 34.3 Å². The molecule has 2 unspecified atom stereocenters. The normalized spacial score (nSPS) is 11.1. The van der Waals surface area contributed by atoms with Crippen LogP contribution in [0, 0.1) is 0 Å². The van der Waals surface area contributed by atoms with Crippen LogP contribution in [0.15, 0.2) is 133 Å². The van der Waals surface area contributed by atoms with Gasteiger partial charge in [-0.05, 0) is 74.7 Å². The maximum atomic E-state index is 12.4. The van der Waals surface area contributed by atoms with Gasteiger partial charge in [0, 0.05) is 11.1 Å². The Hall–Kier alpha value is -5.47. The van der Waals surface area contributed by atoms with E-state index in [1.165, 1.54) is 12.1 Å². The number of phenolic OH excluding ortho intramolecular Hbond substituents is 1. The maximum Gasteiger partial charge on any atom is 0.342 e. The molecule has 0 aliphatic rings. The van der Waals surface area contributed by atoms with Crippen LogP contribution in [0.3, 0.4) is 0 Å². The van der Waals surface area contributed by atoms with Gasteiger partial charge >= 0.3 is 17.9 Å². The maximum absolute atomic E-state index is 12.4. The summed E-state index contributed by atoms with van der Waals surface area (Å²) >= 11 is 4.87. The van der Waals surface area contributed by atoms with Gasteiger partial charge in [-0.2, -0.15) is 0 Å². The molecular formula is C38H37ClO8. The van der Waals surface area contributed by atoms with E-state index < -0.39 is 29.3 Å². The summed E-state index contributed by atoms with van der Waals surface area (Å²) in [7, 11) is 0. The molecule has 2 atom stereocenters. The molecule has 244 valence electrons. The van der Waals surface area contributed by atoms with Crippen LogP contribution in [0.4, 0.5) is 0 Å².